The Balaban J connectivity index is -0.00000000750. The summed E-state index contributed by atoms with van der Waals surface area (Å²) in [4.78, 5) is 0. The zero-order chi connectivity index (χ0) is 3.58. The van der Waals surface area contributed by atoms with E-state index in [1.165, 1.54) is 0 Å². The van der Waals surface area contributed by atoms with Crippen LogP contribution < -0.4 is 0 Å². The molecule has 0 aliphatic heterocycles. The van der Waals surface area contributed by atoms with Crippen molar-refractivity contribution in [1.82, 2.24) is 0 Å². The first kappa shape index (κ1) is 31.2. The molecule has 4 nitrogen and oxygen atoms in total. The maximum absolute atomic E-state index is 2.46. The van der Waals surface area contributed by atoms with E-state index in [-0.39, 0.29) is 26.2 Å². The molecule has 0 bridgehead atoms. The van der Waals surface area contributed by atoms with Gasteiger partial charge in [0.2, 0.25) is 0 Å². The van der Waals surface area contributed by atoms with Crippen LogP contribution in [0, 0.1) is 0 Å². The fraction of sp³-hybridized carbons (Fsp3) is 0. The van der Waals surface area contributed by atoms with Gasteiger partial charge in [-0.25, -0.2) is 0 Å². The van der Waals surface area contributed by atoms with Crippen molar-refractivity contribution in [2.45, 2.75) is 0 Å². The van der Waals surface area contributed by atoms with Crippen LogP contribution in [0.15, 0.2) is 0 Å². The molecular weight excluding hydrogens is 472 g/mol. The van der Waals surface area contributed by atoms with Crippen LogP contribution in [-0.2, 0) is 0 Å². The van der Waals surface area contributed by atoms with Crippen molar-refractivity contribution >= 4 is 65.1 Å². The maximum Gasteiger partial charge on any atom is 0.524 e. The molecule has 0 aromatic heterocycles. The van der Waals surface area contributed by atoms with E-state index in [2.05, 4.69) is 60.8 Å². The molecular formula is H8AlI3O4. The van der Waals surface area contributed by atoms with E-state index in [1.54, 1.807) is 0 Å². The third-order valence-electron chi connectivity index (χ3n) is 0. The van der Waals surface area contributed by atoms with Crippen LogP contribution in [0.4, 0.5) is 0 Å². The summed E-state index contributed by atoms with van der Waals surface area (Å²) >= 11 is 7.37. The fourth-order valence-corrected chi connectivity index (χ4v) is 0. The van der Waals surface area contributed by atoms with Gasteiger partial charge in [0.1, 0.15) is 0 Å². The predicted octanol–water partition coefficient (Wildman–Crippen LogP) is -1.02. The summed E-state index contributed by atoms with van der Waals surface area (Å²) in [6.45, 7) is 0. The molecule has 0 spiro atoms. The van der Waals surface area contributed by atoms with Crippen molar-refractivity contribution in [3.8, 4) is 0 Å². The third kappa shape index (κ3) is 74.6. The molecule has 8 N–H and O–H groups in total. The average Bonchev–Trinajstić information content (AvgIpc) is 0.811. The minimum Gasteiger partial charge on any atom is -0.412 e. The molecule has 0 radical (unpaired) electrons. The Bertz CT molecular complexity index is 16.0. The highest BCUT2D eigenvalue weighted by Crippen LogP contribution is 2.10. The van der Waals surface area contributed by atoms with Gasteiger partial charge in [-0.05, 0) is 0 Å². The molecule has 0 aromatic carbocycles. The van der Waals surface area contributed by atoms with Crippen LogP contribution in [-0.4, -0.2) is 26.2 Å². The largest absolute Gasteiger partial charge is 0.524 e. The van der Waals surface area contributed by atoms with Gasteiger partial charge in [-0.3, -0.25) is 0 Å². The van der Waals surface area contributed by atoms with Crippen molar-refractivity contribution in [2.75, 3.05) is 0 Å². The molecule has 0 atom stereocenters. The normalized spacial score (nSPS) is 3.38. The maximum atomic E-state index is 2.46. The second-order valence-corrected chi connectivity index (χ2v) is 33.4. The Kier molecular flexibility index (Phi) is 88.4. The number of hydrogen-bond acceptors (Lipinski definition) is 0. The van der Waals surface area contributed by atoms with E-state index in [1.807, 2.05) is 0 Å². The number of hydrogen-bond donors (Lipinski definition) is 0. The highest BCUT2D eigenvalue weighted by Gasteiger charge is 1.94. The third-order valence-corrected chi connectivity index (χ3v) is 0. The van der Waals surface area contributed by atoms with Gasteiger partial charge in [-0.1, -0.05) is 0 Å². The minimum atomic E-state index is -0.229. The smallest absolute Gasteiger partial charge is 0.412 e. The van der Waals surface area contributed by atoms with Gasteiger partial charge in [-0.2, -0.15) is 60.8 Å². The Labute approximate surface area is 85.4 Å². The fourth-order valence-electron chi connectivity index (χ4n) is 0. The van der Waals surface area contributed by atoms with E-state index >= 15 is 0 Å². The topological polar surface area (TPSA) is 126 Å². The molecule has 0 saturated heterocycles. The lowest BCUT2D eigenvalue weighted by Gasteiger charge is -1.59. The van der Waals surface area contributed by atoms with Crippen molar-refractivity contribution < 1.29 is 21.9 Å². The molecule has 8 heavy (non-hydrogen) atoms. The summed E-state index contributed by atoms with van der Waals surface area (Å²) in [7, 11) is 0. The standard InChI is InChI=1S/Al.3HI.4H2O/h;3*1H;4*1H2/q+3;;;;;;;/p-3. The van der Waals surface area contributed by atoms with E-state index in [9.17, 15) is 0 Å². The van der Waals surface area contributed by atoms with Gasteiger partial charge >= 0.3 is 4.30 Å². The van der Waals surface area contributed by atoms with Crippen LogP contribution in [0.3, 0.4) is 0 Å². The lowest BCUT2D eigenvalue weighted by molar-refractivity contribution is 0.823. The molecule has 0 rings (SSSR count). The van der Waals surface area contributed by atoms with Gasteiger partial charge in [-0.15, -0.1) is 0 Å². The molecule has 0 aromatic rings. The van der Waals surface area contributed by atoms with Gasteiger partial charge in [0, 0.05) is 0 Å². The monoisotopic (exact) mass is 480 g/mol. The van der Waals surface area contributed by atoms with Crippen LogP contribution in [0.2, 0.25) is 0 Å². The zero-order valence-corrected chi connectivity index (χ0v) is 11.3. The Morgan fingerprint density at radius 1 is 0.625 bits per heavy atom. The molecule has 0 aliphatic rings. The zero-order valence-electron chi connectivity index (χ0n) is 3.71. The highest BCUT2D eigenvalue weighted by atomic mass is 127. The summed E-state index contributed by atoms with van der Waals surface area (Å²) < 4.78 is -0.229. The summed E-state index contributed by atoms with van der Waals surface area (Å²) in [5, 5.41) is 0. The van der Waals surface area contributed by atoms with E-state index in [4.69, 9.17) is 0 Å². The number of rotatable bonds is 0. The predicted molar refractivity (Wildman–Crippen MR) is 62.3 cm³/mol. The second kappa shape index (κ2) is 22.7. The molecule has 0 unspecified atom stereocenters. The van der Waals surface area contributed by atoms with Crippen molar-refractivity contribution in [3.63, 3.8) is 0 Å². The molecule has 56 valence electrons. The summed E-state index contributed by atoms with van der Waals surface area (Å²) in [5.41, 5.74) is 0. The first-order valence-electron chi connectivity index (χ1n) is 0.655. The number of halogens is 3. The van der Waals surface area contributed by atoms with Crippen molar-refractivity contribution in [3.05, 3.63) is 0 Å². The van der Waals surface area contributed by atoms with Crippen molar-refractivity contribution in [2.24, 2.45) is 0 Å². The van der Waals surface area contributed by atoms with E-state index < -0.39 is 0 Å². The van der Waals surface area contributed by atoms with E-state index in [0.717, 1.165) is 0 Å². The van der Waals surface area contributed by atoms with Crippen LogP contribution in [0.25, 0.3) is 0 Å². The summed E-state index contributed by atoms with van der Waals surface area (Å²) in [5.74, 6) is 0. The second-order valence-electron chi connectivity index (χ2n) is 0.247. The van der Waals surface area contributed by atoms with Gasteiger partial charge < -0.3 is 21.9 Å². The SMILES string of the molecule is O.O.O.O.[I][Al]([I])[I]. The van der Waals surface area contributed by atoms with Gasteiger partial charge in [0.15, 0.2) is 0 Å². The first-order chi connectivity index (χ1) is 1.73. The highest BCUT2D eigenvalue weighted by molar-refractivity contribution is 14.4. The van der Waals surface area contributed by atoms with Crippen molar-refractivity contribution in [1.29, 1.82) is 0 Å². The Hall–Kier alpha value is 2.56. The van der Waals surface area contributed by atoms with Gasteiger partial charge in [0.05, 0.1) is 0 Å². The molecule has 8 heteroatoms. The minimum absolute atomic E-state index is 0. The van der Waals surface area contributed by atoms with E-state index in [0.29, 0.717) is 0 Å². The Morgan fingerprint density at radius 3 is 0.625 bits per heavy atom. The molecule has 0 saturated carbocycles. The van der Waals surface area contributed by atoms with Crippen LogP contribution in [0.5, 0.6) is 0 Å². The molecule has 0 heterocycles. The summed E-state index contributed by atoms with van der Waals surface area (Å²) in [6, 6.07) is 0. The lowest BCUT2D eigenvalue weighted by atomic mass is 16.0. The first-order valence-corrected chi connectivity index (χ1v) is 13.2. The molecule has 0 fully saturated rings. The Morgan fingerprint density at radius 2 is 0.625 bits per heavy atom. The average molecular weight is 480 g/mol. The lowest BCUT2D eigenvalue weighted by Crippen LogP contribution is -1.59. The van der Waals surface area contributed by atoms with Crippen LogP contribution in [0.1, 0.15) is 0 Å². The summed E-state index contributed by atoms with van der Waals surface area (Å²) in [6.07, 6.45) is 0. The van der Waals surface area contributed by atoms with Crippen LogP contribution >= 0.6 is 60.8 Å². The quantitative estimate of drug-likeness (QED) is 0.311. The molecule has 0 aliphatic carbocycles. The van der Waals surface area contributed by atoms with Gasteiger partial charge in [0.25, 0.3) is 0 Å². The molecule has 0 amide bonds.